The molecule has 104 valence electrons. The zero-order valence-electron chi connectivity index (χ0n) is 11.2. The third kappa shape index (κ3) is 3.45. The molecule has 0 bridgehead atoms. The number of benzene rings is 1. The average molecular weight is 376 g/mol. The summed E-state index contributed by atoms with van der Waals surface area (Å²) in [6.07, 6.45) is 1.99. The summed E-state index contributed by atoms with van der Waals surface area (Å²) >= 11 is 2.01. The van der Waals surface area contributed by atoms with Gasteiger partial charge in [0, 0.05) is 16.7 Å². The fraction of sp³-hybridized carbons (Fsp3) is 0.500. The van der Waals surface area contributed by atoms with Gasteiger partial charge in [0.25, 0.3) is 5.91 Å². The SMILES string of the molecule is CN1CCC(N(C)C(=O)c2ccc(F)cc2I)CC1. The summed E-state index contributed by atoms with van der Waals surface area (Å²) in [6.45, 7) is 2.03. The van der Waals surface area contributed by atoms with E-state index < -0.39 is 0 Å². The van der Waals surface area contributed by atoms with Crippen LogP contribution in [-0.2, 0) is 0 Å². The molecule has 1 amide bonds. The standard InChI is InChI=1S/C14H18FIN2O/c1-17-7-5-11(6-8-17)18(2)14(19)12-4-3-10(15)9-13(12)16/h3-4,9,11H,5-8H2,1-2H3. The Balaban J connectivity index is 2.10. The maximum atomic E-state index is 13.1. The average Bonchev–Trinajstić information content (AvgIpc) is 2.38. The molecule has 1 saturated heterocycles. The Morgan fingerprint density at radius 1 is 1.42 bits per heavy atom. The van der Waals surface area contributed by atoms with Gasteiger partial charge >= 0.3 is 0 Å². The van der Waals surface area contributed by atoms with Crippen LogP contribution in [0.3, 0.4) is 0 Å². The Labute approximate surface area is 126 Å². The van der Waals surface area contributed by atoms with Crippen molar-refractivity contribution in [2.24, 2.45) is 0 Å². The first-order valence-electron chi connectivity index (χ1n) is 6.40. The van der Waals surface area contributed by atoms with Crippen LogP contribution in [0.15, 0.2) is 18.2 Å². The highest BCUT2D eigenvalue weighted by Gasteiger charge is 2.25. The number of hydrogen-bond acceptors (Lipinski definition) is 2. The van der Waals surface area contributed by atoms with Crippen molar-refractivity contribution in [2.75, 3.05) is 27.2 Å². The second kappa shape index (κ2) is 6.17. The van der Waals surface area contributed by atoms with Crippen molar-refractivity contribution >= 4 is 28.5 Å². The van der Waals surface area contributed by atoms with E-state index in [9.17, 15) is 9.18 Å². The molecule has 0 atom stereocenters. The number of likely N-dealkylation sites (tertiary alicyclic amines) is 1. The van der Waals surface area contributed by atoms with Gasteiger partial charge in [-0.2, -0.15) is 0 Å². The van der Waals surface area contributed by atoms with Crippen molar-refractivity contribution in [1.29, 1.82) is 0 Å². The molecular formula is C14H18FIN2O. The molecule has 0 unspecified atom stereocenters. The first-order valence-corrected chi connectivity index (χ1v) is 7.47. The van der Waals surface area contributed by atoms with Crippen LogP contribution in [0.2, 0.25) is 0 Å². The highest BCUT2D eigenvalue weighted by atomic mass is 127. The third-order valence-corrected chi connectivity index (χ3v) is 4.61. The normalized spacial score (nSPS) is 17.5. The van der Waals surface area contributed by atoms with Crippen molar-refractivity contribution in [3.63, 3.8) is 0 Å². The van der Waals surface area contributed by atoms with Gasteiger partial charge < -0.3 is 9.80 Å². The van der Waals surface area contributed by atoms with E-state index in [-0.39, 0.29) is 17.8 Å². The molecule has 2 rings (SSSR count). The third-order valence-electron chi connectivity index (χ3n) is 3.72. The van der Waals surface area contributed by atoms with E-state index in [2.05, 4.69) is 11.9 Å². The van der Waals surface area contributed by atoms with Crippen molar-refractivity contribution < 1.29 is 9.18 Å². The lowest BCUT2D eigenvalue weighted by Gasteiger charge is -2.35. The van der Waals surface area contributed by atoms with Gasteiger partial charge in [0.05, 0.1) is 5.56 Å². The molecule has 0 N–H and O–H groups in total. The Bertz CT molecular complexity index is 473. The van der Waals surface area contributed by atoms with Gasteiger partial charge in [0.1, 0.15) is 5.82 Å². The van der Waals surface area contributed by atoms with E-state index in [0.29, 0.717) is 9.13 Å². The molecule has 0 aliphatic carbocycles. The Hall–Kier alpha value is -0.690. The van der Waals surface area contributed by atoms with E-state index in [1.165, 1.54) is 12.1 Å². The zero-order chi connectivity index (χ0) is 14.0. The Morgan fingerprint density at radius 3 is 2.63 bits per heavy atom. The summed E-state index contributed by atoms with van der Waals surface area (Å²) in [5, 5.41) is 0. The summed E-state index contributed by atoms with van der Waals surface area (Å²) in [5.74, 6) is -0.318. The fourth-order valence-electron chi connectivity index (χ4n) is 2.40. The Kier molecular flexibility index (Phi) is 4.78. The van der Waals surface area contributed by atoms with Crippen molar-refractivity contribution in [2.45, 2.75) is 18.9 Å². The molecule has 19 heavy (non-hydrogen) atoms. The van der Waals surface area contributed by atoms with E-state index in [0.717, 1.165) is 25.9 Å². The highest BCUT2D eigenvalue weighted by molar-refractivity contribution is 14.1. The number of piperidine rings is 1. The first-order chi connectivity index (χ1) is 8.99. The number of hydrogen-bond donors (Lipinski definition) is 0. The van der Waals surface area contributed by atoms with Crippen molar-refractivity contribution in [1.82, 2.24) is 9.80 Å². The molecule has 0 radical (unpaired) electrons. The largest absolute Gasteiger partial charge is 0.339 e. The summed E-state index contributed by atoms with van der Waals surface area (Å²) in [6, 6.07) is 4.60. The molecule has 0 spiro atoms. The second-order valence-corrected chi connectivity index (χ2v) is 6.24. The number of halogens is 2. The Morgan fingerprint density at radius 2 is 2.05 bits per heavy atom. The predicted molar refractivity (Wildman–Crippen MR) is 81.7 cm³/mol. The number of carbonyl (C=O) groups is 1. The number of rotatable bonds is 2. The van der Waals surface area contributed by atoms with Crippen LogP contribution in [0.1, 0.15) is 23.2 Å². The minimum absolute atomic E-state index is 0.0149. The van der Waals surface area contributed by atoms with Gasteiger partial charge in [-0.3, -0.25) is 4.79 Å². The maximum absolute atomic E-state index is 13.1. The molecule has 0 aromatic heterocycles. The van der Waals surface area contributed by atoms with Gasteiger partial charge in [-0.1, -0.05) is 0 Å². The van der Waals surface area contributed by atoms with E-state index in [4.69, 9.17) is 0 Å². The van der Waals surface area contributed by atoms with Crippen LogP contribution in [-0.4, -0.2) is 48.9 Å². The van der Waals surface area contributed by atoms with Gasteiger partial charge in [0.15, 0.2) is 0 Å². The van der Waals surface area contributed by atoms with Gasteiger partial charge in [0.2, 0.25) is 0 Å². The lowest BCUT2D eigenvalue weighted by atomic mass is 10.0. The highest BCUT2D eigenvalue weighted by Crippen LogP contribution is 2.20. The summed E-state index contributed by atoms with van der Waals surface area (Å²) in [5.41, 5.74) is 0.587. The second-order valence-electron chi connectivity index (χ2n) is 5.07. The maximum Gasteiger partial charge on any atom is 0.254 e. The lowest BCUT2D eigenvalue weighted by molar-refractivity contribution is 0.0658. The van der Waals surface area contributed by atoms with Crippen LogP contribution in [0.4, 0.5) is 4.39 Å². The summed E-state index contributed by atoms with van der Waals surface area (Å²) in [7, 11) is 3.94. The van der Waals surface area contributed by atoms with Gasteiger partial charge in [-0.25, -0.2) is 4.39 Å². The van der Waals surface area contributed by atoms with Crippen LogP contribution in [0.25, 0.3) is 0 Å². The zero-order valence-corrected chi connectivity index (χ0v) is 13.4. The van der Waals surface area contributed by atoms with Crippen LogP contribution in [0.5, 0.6) is 0 Å². The van der Waals surface area contributed by atoms with E-state index in [1.54, 1.807) is 6.07 Å². The number of nitrogens with zero attached hydrogens (tertiary/aromatic N) is 2. The molecule has 1 heterocycles. The minimum atomic E-state index is -0.303. The van der Waals surface area contributed by atoms with E-state index >= 15 is 0 Å². The topological polar surface area (TPSA) is 23.6 Å². The molecule has 1 aromatic rings. The quantitative estimate of drug-likeness (QED) is 0.741. The summed E-state index contributed by atoms with van der Waals surface area (Å²) in [4.78, 5) is 16.5. The van der Waals surface area contributed by atoms with Crippen LogP contribution >= 0.6 is 22.6 Å². The summed E-state index contributed by atoms with van der Waals surface area (Å²) < 4.78 is 13.7. The fourth-order valence-corrected chi connectivity index (χ4v) is 3.11. The molecule has 1 aromatic carbocycles. The van der Waals surface area contributed by atoms with Crippen LogP contribution < -0.4 is 0 Å². The molecule has 1 aliphatic rings. The molecule has 5 heteroatoms. The molecule has 0 saturated carbocycles. The molecular weight excluding hydrogens is 358 g/mol. The monoisotopic (exact) mass is 376 g/mol. The predicted octanol–water partition coefficient (Wildman–Crippen LogP) is 2.60. The number of amides is 1. The smallest absolute Gasteiger partial charge is 0.254 e. The molecule has 3 nitrogen and oxygen atoms in total. The lowest BCUT2D eigenvalue weighted by Crippen LogP contribution is -2.44. The van der Waals surface area contributed by atoms with Crippen molar-refractivity contribution in [3.8, 4) is 0 Å². The first kappa shape index (κ1) is 14.7. The van der Waals surface area contributed by atoms with Gasteiger partial charge in [-0.15, -0.1) is 0 Å². The molecule has 1 fully saturated rings. The van der Waals surface area contributed by atoms with E-state index in [1.807, 2.05) is 34.5 Å². The molecule has 1 aliphatic heterocycles. The van der Waals surface area contributed by atoms with Crippen molar-refractivity contribution in [3.05, 3.63) is 33.1 Å². The number of carbonyl (C=O) groups excluding carboxylic acids is 1. The van der Waals surface area contributed by atoms with Crippen LogP contribution in [0, 0.1) is 9.39 Å². The van der Waals surface area contributed by atoms with Gasteiger partial charge in [-0.05, 0) is 73.8 Å². The minimum Gasteiger partial charge on any atom is -0.339 e.